The lowest BCUT2D eigenvalue weighted by Gasteiger charge is -2.18. The minimum atomic E-state index is -0.132. The van der Waals surface area contributed by atoms with Crippen molar-refractivity contribution in [3.8, 4) is 0 Å². The molecule has 126 valence electrons. The average Bonchev–Trinajstić information content (AvgIpc) is 2.48. The highest BCUT2D eigenvalue weighted by Gasteiger charge is 2.10. The number of benzene rings is 2. The summed E-state index contributed by atoms with van der Waals surface area (Å²) in [5.74, 6) is -0.259. The van der Waals surface area contributed by atoms with Gasteiger partial charge in [-0.15, -0.1) is 0 Å². The van der Waals surface area contributed by atoms with Crippen LogP contribution < -0.4 is 15.5 Å². The van der Waals surface area contributed by atoms with E-state index < -0.39 is 0 Å². The molecule has 2 N–H and O–H groups in total. The van der Waals surface area contributed by atoms with Crippen molar-refractivity contribution in [2.24, 2.45) is 0 Å². The summed E-state index contributed by atoms with van der Waals surface area (Å²) in [6.07, 6.45) is 0.236. The Labute approximate surface area is 146 Å². The molecule has 0 bridgehead atoms. The van der Waals surface area contributed by atoms with Gasteiger partial charge < -0.3 is 15.5 Å². The number of hydrogen-bond acceptors (Lipinski definition) is 3. The Morgan fingerprint density at radius 2 is 1.71 bits per heavy atom. The Morgan fingerprint density at radius 3 is 2.29 bits per heavy atom. The third-order valence-electron chi connectivity index (χ3n) is 3.35. The van der Waals surface area contributed by atoms with E-state index in [2.05, 4.69) is 10.6 Å². The van der Waals surface area contributed by atoms with Crippen LogP contribution in [0.3, 0.4) is 0 Å². The second-order valence-corrected chi connectivity index (χ2v) is 6.10. The zero-order valence-electron chi connectivity index (χ0n) is 13.9. The molecule has 0 aliphatic rings. The van der Waals surface area contributed by atoms with E-state index in [1.165, 1.54) is 6.92 Å². The molecular weight excluding hydrogens is 326 g/mol. The van der Waals surface area contributed by atoms with Crippen LogP contribution in [0.2, 0.25) is 5.02 Å². The summed E-state index contributed by atoms with van der Waals surface area (Å²) >= 11 is 6.02. The maximum atomic E-state index is 12.3. The summed E-state index contributed by atoms with van der Waals surface area (Å²) < 4.78 is 0. The summed E-state index contributed by atoms with van der Waals surface area (Å²) in [6, 6.07) is 12.6. The van der Waals surface area contributed by atoms with E-state index in [1.807, 2.05) is 37.2 Å². The Hall–Kier alpha value is -2.53. The molecule has 2 rings (SSSR count). The minimum Gasteiger partial charge on any atom is -0.376 e. The lowest BCUT2D eigenvalue weighted by atomic mass is 10.1. The van der Waals surface area contributed by atoms with Gasteiger partial charge in [0.15, 0.2) is 0 Å². The summed E-state index contributed by atoms with van der Waals surface area (Å²) in [6.45, 7) is 1.45. The Balaban J connectivity index is 2.06. The molecule has 0 aromatic heterocycles. The molecule has 0 fully saturated rings. The number of amides is 2. The molecule has 2 amide bonds. The Morgan fingerprint density at radius 1 is 1.04 bits per heavy atom. The molecule has 0 saturated heterocycles. The first kappa shape index (κ1) is 17.8. The van der Waals surface area contributed by atoms with Crippen LogP contribution in [0.4, 0.5) is 17.1 Å². The van der Waals surface area contributed by atoms with Gasteiger partial charge in [0.2, 0.25) is 11.8 Å². The molecule has 2 aromatic rings. The van der Waals surface area contributed by atoms with E-state index in [0.717, 1.165) is 11.3 Å². The number of carbonyl (C=O) groups excluding carboxylic acids is 2. The molecule has 0 heterocycles. The first-order valence-electron chi connectivity index (χ1n) is 7.48. The summed E-state index contributed by atoms with van der Waals surface area (Å²) in [5, 5.41) is 6.15. The van der Waals surface area contributed by atoms with Gasteiger partial charge in [-0.2, -0.15) is 0 Å². The second-order valence-electron chi connectivity index (χ2n) is 5.66. The molecular formula is C18H20ClN3O2. The molecule has 0 aliphatic carbocycles. The van der Waals surface area contributed by atoms with Crippen LogP contribution in [-0.4, -0.2) is 25.9 Å². The second kappa shape index (κ2) is 7.84. The lowest BCUT2D eigenvalue weighted by Crippen LogP contribution is -2.18. The van der Waals surface area contributed by atoms with Crippen LogP contribution in [0.1, 0.15) is 12.5 Å². The number of halogens is 1. The molecule has 6 heteroatoms. The fraction of sp³-hybridized carbons (Fsp3) is 0.222. The molecule has 0 atom stereocenters. The number of nitrogens with zero attached hydrogens (tertiary/aromatic N) is 1. The number of anilines is 3. The zero-order chi connectivity index (χ0) is 17.7. The predicted octanol–water partition coefficient (Wildman–Crippen LogP) is 3.55. The molecule has 0 spiro atoms. The quantitative estimate of drug-likeness (QED) is 0.871. The van der Waals surface area contributed by atoms with Gasteiger partial charge in [-0.3, -0.25) is 9.59 Å². The van der Waals surface area contributed by atoms with E-state index in [0.29, 0.717) is 16.4 Å². The molecule has 0 unspecified atom stereocenters. The van der Waals surface area contributed by atoms with E-state index in [1.54, 1.807) is 24.3 Å². The van der Waals surface area contributed by atoms with E-state index in [4.69, 9.17) is 11.6 Å². The summed E-state index contributed by atoms with van der Waals surface area (Å²) in [4.78, 5) is 25.2. The Kier molecular flexibility index (Phi) is 5.82. The van der Waals surface area contributed by atoms with Crippen LogP contribution in [0.5, 0.6) is 0 Å². The minimum absolute atomic E-state index is 0.127. The molecule has 2 aromatic carbocycles. The monoisotopic (exact) mass is 345 g/mol. The normalized spacial score (nSPS) is 10.2. The van der Waals surface area contributed by atoms with Gasteiger partial charge in [0.05, 0.1) is 17.8 Å². The number of rotatable bonds is 5. The average molecular weight is 346 g/mol. The predicted molar refractivity (Wildman–Crippen MR) is 98.9 cm³/mol. The van der Waals surface area contributed by atoms with Crippen LogP contribution in [-0.2, 0) is 16.0 Å². The van der Waals surface area contributed by atoms with Crippen LogP contribution >= 0.6 is 11.6 Å². The van der Waals surface area contributed by atoms with Gasteiger partial charge in [-0.05, 0) is 35.9 Å². The van der Waals surface area contributed by atoms with Crippen LogP contribution in [0.15, 0.2) is 42.5 Å². The highest BCUT2D eigenvalue weighted by atomic mass is 35.5. The summed E-state index contributed by atoms with van der Waals surface area (Å²) in [5.41, 5.74) is 3.12. The van der Waals surface area contributed by atoms with Crippen molar-refractivity contribution in [1.29, 1.82) is 0 Å². The van der Waals surface area contributed by atoms with Gasteiger partial charge in [0.25, 0.3) is 0 Å². The molecule has 0 radical (unpaired) electrons. The van der Waals surface area contributed by atoms with E-state index in [-0.39, 0.29) is 18.2 Å². The van der Waals surface area contributed by atoms with Crippen LogP contribution in [0, 0.1) is 0 Å². The van der Waals surface area contributed by atoms with Crippen molar-refractivity contribution in [3.05, 3.63) is 53.1 Å². The maximum absolute atomic E-state index is 12.3. The molecule has 0 saturated carbocycles. The van der Waals surface area contributed by atoms with Gasteiger partial charge in [-0.1, -0.05) is 23.7 Å². The Bertz CT molecular complexity index is 742. The van der Waals surface area contributed by atoms with Crippen molar-refractivity contribution in [3.63, 3.8) is 0 Å². The maximum Gasteiger partial charge on any atom is 0.228 e. The fourth-order valence-corrected chi connectivity index (χ4v) is 2.46. The highest BCUT2D eigenvalue weighted by molar-refractivity contribution is 6.31. The lowest BCUT2D eigenvalue weighted by molar-refractivity contribution is -0.116. The molecule has 5 nitrogen and oxygen atoms in total. The van der Waals surface area contributed by atoms with E-state index in [9.17, 15) is 9.59 Å². The van der Waals surface area contributed by atoms with Crippen molar-refractivity contribution < 1.29 is 9.59 Å². The number of hydrogen-bond donors (Lipinski definition) is 2. The van der Waals surface area contributed by atoms with Crippen molar-refractivity contribution in [1.82, 2.24) is 0 Å². The topological polar surface area (TPSA) is 61.4 Å². The zero-order valence-corrected chi connectivity index (χ0v) is 14.6. The van der Waals surface area contributed by atoms with Gasteiger partial charge >= 0.3 is 0 Å². The van der Waals surface area contributed by atoms with Gasteiger partial charge in [0.1, 0.15) is 0 Å². The first-order chi connectivity index (χ1) is 11.3. The SMILES string of the molecule is CC(=O)Nc1ccc(CC(=O)Nc2cc(Cl)ccc2N(C)C)cc1. The van der Waals surface area contributed by atoms with Crippen molar-refractivity contribution in [2.45, 2.75) is 13.3 Å². The van der Waals surface area contributed by atoms with Crippen molar-refractivity contribution >= 4 is 40.5 Å². The fourth-order valence-electron chi connectivity index (χ4n) is 2.29. The molecule has 24 heavy (non-hydrogen) atoms. The van der Waals surface area contributed by atoms with Gasteiger partial charge in [-0.25, -0.2) is 0 Å². The standard InChI is InChI=1S/C18H20ClN3O2/c1-12(23)20-15-7-4-13(5-8-15)10-18(24)21-16-11-14(19)6-9-17(16)22(2)3/h4-9,11H,10H2,1-3H3,(H,20,23)(H,21,24). The summed E-state index contributed by atoms with van der Waals surface area (Å²) in [7, 11) is 3.80. The van der Waals surface area contributed by atoms with Gasteiger partial charge in [0, 0.05) is 31.7 Å². The van der Waals surface area contributed by atoms with Crippen LogP contribution in [0.25, 0.3) is 0 Å². The third kappa shape index (κ3) is 4.99. The highest BCUT2D eigenvalue weighted by Crippen LogP contribution is 2.28. The number of nitrogens with one attached hydrogen (secondary N) is 2. The van der Waals surface area contributed by atoms with E-state index >= 15 is 0 Å². The van der Waals surface area contributed by atoms with Crippen molar-refractivity contribution in [2.75, 3.05) is 29.6 Å². The smallest absolute Gasteiger partial charge is 0.228 e. The third-order valence-corrected chi connectivity index (χ3v) is 3.59. The number of carbonyl (C=O) groups is 2. The largest absolute Gasteiger partial charge is 0.376 e. The molecule has 0 aliphatic heterocycles. The first-order valence-corrected chi connectivity index (χ1v) is 7.86.